The maximum atomic E-state index is 9.19. The topological polar surface area (TPSA) is 13.1 Å². The zero-order chi connectivity index (χ0) is 39.6. The average molecular weight is 560 g/mol. The predicted octanol–water partition coefficient (Wildman–Crippen LogP) is 12.0. The van der Waals surface area contributed by atoms with Gasteiger partial charge in [0.15, 0.2) is 0 Å². The van der Waals surface area contributed by atoms with Crippen LogP contribution in [0.3, 0.4) is 0 Å². The molecule has 1 nitrogen and oxygen atoms in total. The molecule has 0 bridgehead atoms. The van der Waals surface area contributed by atoms with E-state index in [4.69, 9.17) is 19.5 Å². The van der Waals surface area contributed by atoms with Crippen LogP contribution >= 0.6 is 0 Å². The number of hydrogen-bond acceptors (Lipinski definition) is 1. The third-order valence-electron chi connectivity index (χ3n) is 7.96. The first-order valence-corrected chi connectivity index (χ1v) is 13.7. The first kappa shape index (κ1) is 14.5. The lowest BCUT2D eigenvalue weighted by Crippen LogP contribution is -1.90. The molecule has 0 amide bonds. The predicted molar refractivity (Wildman–Crippen MR) is 183 cm³/mol. The van der Waals surface area contributed by atoms with E-state index in [-0.39, 0.29) is 32.7 Å². The van der Waals surface area contributed by atoms with Gasteiger partial charge in [0, 0.05) is 10.8 Å². The van der Waals surface area contributed by atoms with Gasteiger partial charge in [-0.2, -0.15) is 0 Å². The molecule has 1 heteroatoms. The molecule has 200 valence electrons. The van der Waals surface area contributed by atoms with Crippen LogP contribution in [-0.2, 0) is 0 Å². The van der Waals surface area contributed by atoms with Gasteiger partial charge in [-0.25, -0.2) is 0 Å². The Morgan fingerprint density at radius 3 is 1.58 bits per heavy atom. The molecule has 8 aromatic carbocycles. The quantitative estimate of drug-likeness (QED) is 0.196. The van der Waals surface area contributed by atoms with E-state index >= 15 is 0 Å². The molecule has 9 rings (SSSR count). The Morgan fingerprint density at radius 2 is 0.884 bits per heavy atom. The Morgan fingerprint density at radius 1 is 0.372 bits per heavy atom. The Balaban J connectivity index is 1.38. The lowest BCUT2D eigenvalue weighted by atomic mass is 9.85. The lowest BCUT2D eigenvalue weighted by Gasteiger charge is -2.18. The highest BCUT2D eigenvalue weighted by Crippen LogP contribution is 2.44. The van der Waals surface area contributed by atoms with Crippen molar-refractivity contribution in [2.45, 2.75) is 0 Å². The highest BCUT2D eigenvalue weighted by Gasteiger charge is 2.16. The Bertz CT molecular complexity index is 3130. The van der Waals surface area contributed by atoms with Crippen LogP contribution in [0.15, 0.2) is 162 Å². The molecule has 0 unspecified atom stereocenters. The summed E-state index contributed by atoms with van der Waals surface area (Å²) in [5, 5.41) is 2.84. The molecular formula is C42H26O. The monoisotopic (exact) mass is 559 g/mol. The SMILES string of the molecule is [2H]c1c([2H])c([2H])c(-c2c3c([2H])c([2H])c([2H])c([2H])c3c(-c3ccc4cc(-c5ccc6oc7ccccc7c6c5)ccc4c3)c3c([2H])c([2H])c([2H])c([2H])c23)c([2H])c1[2H]. The van der Waals surface area contributed by atoms with Crippen molar-refractivity contribution in [1.29, 1.82) is 0 Å². The molecule has 0 atom stereocenters. The fourth-order valence-corrected chi connectivity index (χ4v) is 6.03. The van der Waals surface area contributed by atoms with Gasteiger partial charge in [0.2, 0.25) is 0 Å². The third kappa shape index (κ3) is 3.79. The summed E-state index contributed by atoms with van der Waals surface area (Å²) in [4.78, 5) is 0. The minimum atomic E-state index is -0.708. The van der Waals surface area contributed by atoms with E-state index in [2.05, 4.69) is 6.07 Å². The first-order chi connectivity index (χ1) is 26.7. The van der Waals surface area contributed by atoms with E-state index in [1.165, 1.54) is 0 Å². The van der Waals surface area contributed by atoms with Crippen LogP contribution in [0.4, 0.5) is 0 Å². The van der Waals surface area contributed by atoms with Crippen LogP contribution in [0.5, 0.6) is 0 Å². The smallest absolute Gasteiger partial charge is 0.135 e. The van der Waals surface area contributed by atoms with Crippen LogP contribution in [0, 0.1) is 0 Å². The van der Waals surface area contributed by atoms with Crippen molar-refractivity contribution in [2.75, 3.05) is 0 Å². The number of benzene rings is 8. The molecule has 0 aliphatic heterocycles. The minimum Gasteiger partial charge on any atom is -0.456 e. The maximum absolute atomic E-state index is 9.19. The zero-order valence-corrected chi connectivity index (χ0v) is 22.4. The van der Waals surface area contributed by atoms with E-state index in [0.29, 0.717) is 5.56 Å². The fourth-order valence-electron chi connectivity index (χ4n) is 6.03. The highest BCUT2D eigenvalue weighted by atomic mass is 16.3. The summed E-state index contributed by atoms with van der Waals surface area (Å²) in [5.41, 5.74) is 3.18. The van der Waals surface area contributed by atoms with Gasteiger partial charge in [0.05, 0.1) is 17.8 Å². The van der Waals surface area contributed by atoms with Crippen LogP contribution in [0.2, 0.25) is 0 Å². The van der Waals surface area contributed by atoms with Gasteiger partial charge in [-0.3, -0.25) is 0 Å². The largest absolute Gasteiger partial charge is 0.456 e. The first-order valence-electron chi connectivity index (χ1n) is 20.2. The van der Waals surface area contributed by atoms with Crippen molar-refractivity contribution in [1.82, 2.24) is 0 Å². The molecule has 1 aromatic heterocycles. The Kier molecular flexibility index (Phi) is 3.18. The Labute approximate surface area is 267 Å². The van der Waals surface area contributed by atoms with E-state index < -0.39 is 84.1 Å². The minimum absolute atomic E-state index is 0.0911. The van der Waals surface area contributed by atoms with E-state index in [1.807, 2.05) is 60.7 Å². The molecule has 0 N–H and O–H groups in total. The van der Waals surface area contributed by atoms with Crippen molar-refractivity contribution < 1.29 is 22.2 Å². The zero-order valence-electron chi connectivity index (χ0n) is 35.4. The molecule has 0 saturated carbocycles. The maximum Gasteiger partial charge on any atom is 0.135 e. The molecule has 0 aliphatic rings. The number of hydrogen-bond donors (Lipinski definition) is 0. The summed E-state index contributed by atoms with van der Waals surface area (Å²) < 4.78 is 120. The number of furan rings is 1. The average Bonchev–Trinajstić information content (AvgIpc) is 3.59. The normalized spacial score (nSPS) is 16.0. The molecule has 0 fully saturated rings. The Hall–Kier alpha value is -5.66. The van der Waals surface area contributed by atoms with Gasteiger partial charge >= 0.3 is 0 Å². The van der Waals surface area contributed by atoms with E-state index in [0.717, 1.165) is 43.8 Å². The van der Waals surface area contributed by atoms with E-state index in [9.17, 15) is 2.74 Å². The van der Waals surface area contributed by atoms with Crippen molar-refractivity contribution in [3.63, 3.8) is 0 Å². The van der Waals surface area contributed by atoms with Crippen molar-refractivity contribution in [2.24, 2.45) is 0 Å². The van der Waals surface area contributed by atoms with Crippen LogP contribution in [0.1, 0.15) is 17.8 Å². The summed E-state index contributed by atoms with van der Waals surface area (Å²) in [6, 6.07) is 16.8. The number of para-hydroxylation sites is 1. The third-order valence-corrected chi connectivity index (χ3v) is 7.96. The summed E-state index contributed by atoms with van der Waals surface area (Å²) in [6.45, 7) is 0. The van der Waals surface area contributed by atoms with Crippen LogP contribution < -0.4 is 0 Å². The highest BCUT2D eigenvalue weighted by molar-refractivity contribution is 6.21. The second-order valence-electron chi connectivity index (χ2n) is 10.3. The van der Waals surface area contributed by atoms with Crippen LogP contribution in [0.25, 0.3) is 87.6 Å². The van der Waals surface area contributed by atoms with Crippen molar-refractivity contribution in [3.05, 3.63) is 157 Å². The van der Waals surface area contributed by atoms with Crippen LogP contribution in [-0.4, -0.2) is 0 Å². The lowest BCUT2D eigenvalue weighted by molar-refractivity contribution is 0.669. The summed E-state index contributed by atoms with van der Waals surface area (Å²) in [6.07, 6.45) is 0. The summed E-state index contributed by atoms with van der Waals surface area (Å²) in [7, 11) is 0. The van der Waals surface area contributed by atoms with Crippen molar-refractivity contribution in [3.8, 4) is 33.4 Å². The molecule has 1 heterocycles. The molecule has 0 aliphatic carbocycles. The molecule has 0 saturated heterocycles. The molecule has 9 aromatic rings. The second kappa shape index (κ2) is 9.44. The number of fused-ring (bicyclic) bond motifs is 6. The van der Waals surface area contributed by atoms with E-state index in [1.54, 1.807) is 12.1 Å². The van der Waals surface area contributed by atoms with Gasteiger partial charge in [-0.15, -0.1) is 0 Å². The molecule has 0 radical (unpaired) electrons. The van der Waals surface area contributed by atoms with Gasteiger partial charge in [0.25, 0.3) is 0 Å². The number of rotatable bonds is 3. The van der Waals surface area contributed by atoms with Crippen molar-refractivity contribution >= 4 is 54.3 Å². The molecule has 0 spiro atoms. The van der Waals surface area contributed by atoms with Gasteiger partial charge in [-0.05, 0) is 96.0 Å². The summed E-state index contributed by atoms with van der Waals surface area (Å²) in [5.74, 6) is 0. The van der Waals surface area contributed by atoms with Gasteiger partial charge < -0.3 is 4.42 Å². The summed E-state index contributed by atoms with van der Waals surface area (Å²) >= 11 is 0. The second-order valence-corrected chi connectivity index (χ2v) is 10.3. The molecular weight excluding hydrogens is 520 g/mol. The standard InChI is InChI=1S/C42H26O/c1-2-10-27(11-3-1)41-34-13-4-6-15-36(34)42(37-16-7-5-14-35(37)41)32-21-20-28-24-29(18-19-30(28)25-32)31-22-23-40-38(26-31)33-12-8-9-17-39(33)43-40/h1-26H/i1D,2D,3D,4D,5D,6D,7D,10D,11D,13D,14D,15D,16D. The van der Waals surface area contributed by atoms with Gasteiger partial charge in [-0.1, -0.05) is 127 Å². The van der Waals surface area contributed by atoms with Gasteiger partial charge in [0.1, 0.15) is 11.2 Å². The molecule has 43 heavy (non-hydrogen) atoms. The fraction of sp³-hybridized carbons (Fsp3) is 0.